The van der Waals surface area contributed by atoms with Crippen molar-refractivity contribution < 1.29 is 21.8 Å². The molecule has 1 saturated heterocycles. The topological polar surface area (TPSA) is 130 Å². The van der Waals surface area contributed by atoms with E-state index >= 15 is 0 Å². The van der Waals surface area contributed by atoms with E-state index in [4.69, 9.17) is 0 Å². The summed E-state index contributed by atoms with van der Waals surface area (Å²) in [4.78, 5) is 10.2. The van der Waals surface area contributed by atoms with E-state index in [0.29, 0.717) is 0 Å². The van der Waals surface area contributed by atoms with Gasteiger partial charge in [0.1, 0.15) is 0 Å². The Kier molecular flexibility index (Phi) is 6.67. The van der Waals surface area contributed by atoms with Crippen LogP contribution in [0, 0.1) is 10.1 Å². The molecule has 3 atom stereocenters. The van der Waals surface area contributed by atoms with Gasteiger partial charge < -0.3 is 0 Å². The number of nitrogens with zero attached hydrogens (tertiary/aromatic N) is 4. The fraction of sp³-hybridized carbons (Fsp3) is 0.350. The molecule has 1 aliphatic rings. The minimum Gasteiger partial charge on any atom is -0.258 e. The van der Waals surface area contributed by atoms with Crippen LogP contribution in [0.5, 0.6) is 0 Å². The van der Waals surface area contributed by atoms with E-state index in [9.17, 15) is 26.9 Å². The van der Waals surface area contributed by atoms with Gasteiger partial charge in [-0.05, 0) is 38.5 Å². The van der Waals surface area contributed by atoms with Crippen LogP contribution in [0.4, 0.5) is 5.69 Å². The molecule has 172 valence electrons. The maximum atomic E-state index is 13.3. The number of sulfonamides is 2. The highest BCUT2D eigenvalue weighted by atomic mass is 32.2. The molecule has 2 aromatic rings. The SMILES string of the molecule is CCS(=O)(=O)N(/N=C/[C@@H]1[C@@H](c2ccccc2)N1S(=O)(=O)c1ccc([N+](=O)[O-])cc1)C(C)C. The third kappa shape index (κ3) is 4.66. The molecule has 0 aromatic heterocycles. The lowest BCUT2D eigenvalue weighted by atomic mass is 10.1. The monoisotopic (exact) mass is 480 g/mol. The van der Waals surface area contributed by atoms with Gasteiger partial charge in [0.2, 0.25) is 20.0 Å². The van der Waals surface area contributed by atoms with Gasteiger partial charge in [0.25, 0.3) is 5.69 Å². The van der Waals surface area contributed by atoms with E-state index in [1.165, 1.54) is 29.6 Å². The highest BCUT2D eigenvalue weighted by molar-refractivity contribution is 7.89. The van der Waals surface area contributed by atoms with Crippen LogP contribution in [-0.4, -0.2) is 54.5 Å². The van der Waals surface area contributed by atoms with Gasteiger partial charge in [0.05, 0.1) is 33.7 Å². The Balaban J connectivity index is 1.98. The third-order valence-corrected chi connectivity index (χ3v) is 8.70. The smallest absolute Gasteiger partial charge is 0.258 e. The highest BCUT2D eigenvalue weighted by Gasteiger charge is 2.55. The molecule has 0 aliphatic carbocycles. The molecule has 0 saturated carbocycles. The first-order valence-electron chi connectivity index (χ1n) is 9.90. The molecular weight excluding hydrogens is 456 g/mol. The second-order valence-corrected chi connectivity index (χ2v) is 11.4. The molecule has 32 heavy (non-hydrogen) atoms. The summed E-state index contributed by atoms with van der Waals surface area (Å²) in [6, 6.07) is 11.8. The van der Waals surface area contributed by atoms with Crippen LogP contribution >= 0.6 is 0 Å². The Bertz CT molecular complexity index is 1210. The number of benzene rings is 2. The zero-order valence-corrected chi connectivity index (χ0v) is 19.4. The maximum absolute atomic E-state index is 13.3. The third-order valence-electron chi connectivity index (χ3n) is 4.99. The van der Waals surface area contributed by atoms with E-state index in [1.54, 1.807) is 44.2 Å². The zero-order chi connectivity index (χ0) is 23.7. The van der Waals surface area contributed by atoms with Gasteiger partial charge in [-0.3, -0.25) is 10.1 Å². The second kappa shape index (κ2) is 8.96. The van der Waals surface area contributed by atoms with Crippen molar-refractivity contribution in [3.63, 3.8) is 0 Å². The second-order valence-electron chi connectivity index (χ2n) is 7.46. The molecule has 10 nitrogen and oxygen atoms in total. The molecule has 12 heteroatoms. The summed E-state index contributed by atoms with van der Waals surface area (Å²) in [5.74, 6) is -0.139. The predicted molar refractivity (Wildman–Crippen MR) is 120 cm³/mol. The number of hydrogen-bond acceptors (Lipinski definition) is 7. The summed E-state index contributed by atoms with van der Waals surface area (Å²) < 4.78 is 53.4. The average Bonchev–Trinajstić information content (AvgIpc) is 3.49. The lowest BCUT2D eigenvalue weighted by Crippen LogP contribution is -2.34. The van der Waals surface area contributed by atoms with Crippen LogP contribution in [0.15, 0.2) is 64.6 Å². The Labute approximate surface area is 187 Å². The van der Waals surface area contributed by atoms with Crippen molar-refractivity contribution in [1.82, 2.24) is 8.72 Å². The molecule has 2 aromatic carbocycles. The Morgan fingerprint density at radius 3 is 2.19 bits per heavy atom. The first kappa shape index (κ1) is 23.8. The van der Waals surface area contributed by atoms with E-state index in [0.717, 1.165) is 22.1 Å². The first-order valence-corrected chi connectivity index (χ1v) is 12.9. The predicted octanol–water partition coefficient (Wildman–Crippen LogP) is 2.75. The molecule has 0 spiro atoms. The van der Waals surface area contributed by atoms with Gasteiger partial charge in [-0.1, -0.05) is 30.3 Å². The van der Waals surface area contributed by atoms with Crippen LogP contribution in [0.25, 0.3) is 0 Å². The van der Waals surface area contributed by atoms with Gasteiger partial charge in [0, 0.05) is 18.3 Å². The first-order chi connectivity index (χ1) is 15.0. The molecule has 1 aliphatic heterocycles. The number of hydrazone groups is 1. The molecule has 0 amide bonds. The van der Waals surface area contributed by atoms with E-state index < -0.39 is 43.1 Å². The quantitative estimate of drug-likeness (QED) is 0.235. The van der Waals surface area contributed by atoms with Crippen molar-refractivity contribution >= 4 is 31.9 Å². The van der Waals surface area contributed by atoms with Crippen LogP contribution in [0.3, 0.4) is 0 Å². The number of hydrogen-bond donors (Lipinski definition) is 0. The molecule has 1 heterocycles. The fourth-order valence-electron chi connectivity index (χ4n) is 3.33. The summed E-state index contributed by atoms with van der Waals surface area (Å²) in [7, 11) is -7.64. The molecule has 0 bridgehead atoms. The zero-order valence-electron chi connectivity index (χ0n) is 17.8. The normalized spacial score (nSPS) is 21.1. The number of nitro groups is 1. The van der Waals surface area contributed by atoms with Crippen molar-refractivity contribution in [2.75, 3.05) is 5.75 Å². The number of rotatable bonds is 9. The minimum absolute atomic E-state index is 0.0955. The summed E-state index contributed by atoms with van der Waals surface area (Å²) in [5, 5.41) is 15.0. The lowest BCUT2D eigenvalue weighted by molar-refractivity contribution is -0.384. The van der Waals surface area contributed by atoms with Gasteiger partial charge in [-0.2, -0.15) is 13.8 Å². The Morgan fingerprint density at radius 2 is 1.69 bits per heavy atom. The molecular formula is C20H24N4O6S2. The molecule has 1 fully saturated rings. The molecule has 3 rings (SSSR count). The van der Waals surface area contributed by atoms with Crippen molar-refractivity contribution in [2.45, 2.75) is 43.8 Å². The van der Waals surface area contributed by atoms with E-state index in [2.05, 4.69) is 5.10 Å². The van der Waals surface area contributed by atoms with Crippen molar-refractivity contribution in [3.8, 4) is 0 Å². The van der Waals surface area contributed by atoms with Crippen molar-refractivity contribution in [1.29, 1.82) is 0 Å². The van der Waals surface area contributed by atoms with E-state index in [-0.39, 0.29) is 16.3 Å². The van der Waals surface area contributed by atoms with Gasteiger partial charge in [-0.15, -0.1) is 0 Å². The maximum Gasteiger partial charge on any atom is 0.269 e. The Hall–Kier alpha value is -2.83. The number of non-ortho nitro benzene ring substituents is 1. The van der Waals surface area contributed by atoms with Gasteiger partial charge in [0.15, 0.2) is 0 Å². The standard InChI is InChI=1S/C20H24N4O6S2/c1-4-31(27,28)23(15(2)3)21-14-19-20(16-8-6-5-7-9-16)22(19)32(29,30)18-12-10-17(11-13-18)24(25)26/h5-15,19-20H,4H2,1-3H3/b21-14+/t19-,20-,22?/m1/s1. The van der Waals surface area contributed by atoms with Crippen molar-refractivity contribution in [2.24, 2.45) is 5.10 Å². The fourth-order valence-corrected chi connectivity index (χ4v) is 6.14. The van der Waals surface area contributed by atoms with Crippen LogP contribution in [0.2, 0.25) is 0 Å². The largest absolute Gasteiger partial charge is 0.269 e. The van der Waals surface area contributed by atoms with Crippen LogP contribution in [-0.2, 0) is 20.0 Å². The van der Waals surface area contributed by atoms with Gasteiger partial charge >= 0.3 is 0 Å². The highest BCUT2D eigenvalue weighted by Crippen LogP contribution is 2.46. The van der Waals surface area contributed by atoms with Crippen LogP contribution in [0.1, 0.15) is 32.4 Å². The summed E-state index contributed by atoms with van der Waals surface area (Å²) in [6.45, 7) is 4.87. The molecule has 1 unspecified atom stereocenters. The van der Waals surface area contributed by atoms with E-state index in [1.807, 2.05) is 0 Å². The minimum atomic E-state index is -4.01. The lowest BCUT2D eigenvalue weighted by Gasteiger charge is -2.21. The molecule has 0 radical (unpaired) electrons. The Morgan fingerprint density at radius 1 is 1.09 bits per heavy atom. The summed E-state index contributed by atoms with van der Waals surface area (Å²) >= 11 is 0. The molecule has 0 N–H and O–H groups in total. The van der Waals surface area contributed by atoms with Crippen LogP contribution < -0.4 is 0 Å². The average molecular weight is 481 g/mol. The summed E-state index contributed by atoms with van der Waals surface area (Å²) in [6.07, 6.45) is 1.33. The number of nitro benzene ring substituents is 1. The summed E-state index contributed by atoms with van der Waals surface area (Å²) in [5.41, 5.74) is 0.508. The van der Waals surface area contributed by atoms with Gasteiger partial charge in [-0.25, -0.2) is 16.8 Å². The van der Waals surface area contributed by atoms with Crippen molar-refractivity contribution in [3.05, 3.63) is 70.3 Å².